The molecule has 1 aliphatic rings. The Morgan fingerprint density at radius 3 is 2.02 bits per heavy atom. The first-order chi connectivity index (χ1) is 22.8. The molecule has 214 valence electrons. The predicted molar refractivity (Wildman–Crippen MR) is 192 cm³/mol. The van der Waals surface area contributed by atoms with Crippen LogP contribution in [-0.2, 0) is 0 Å². The molecule has 2 heterocycles. The quantitative estimate of drug-likeness (QED) is 0.201. The van der Waals surface area contributed by atoms with Crippen LogP contribution in [0.1, 0.15) is 0 Å². The van der Waals surface area contributed by atoms with E-state index >= 15 is 0 Å². The first-order valence-electron chi connectivity index (χ1n) is 15.8. The Balaban J connectivity index is 1.21. The summed E-state index contributed by atoms with van der Waals surface area (Å²) in [4.78, 5) is 0. The van der Waals surface area contributed by atoms with E-state index in [0.29, 0.717) is 0 Å². The minimum absolute atomic E-state index is 0.910. The van der Waals surface area contributed by atoms with Gasteiger partial charge in [-0.1, -0.05) is 121 Å². The van der Waals surface area contributed by atoms with Crippen molar-refractivity contribution >= 4 is 43.4 Å². The maximum absolute atomic E-state index is 6.39. The lowest BCUT2D eigenvalue weighted by Gasteiger charge is -2.22. The van der Waals surface area contributed by atoms with Crippen LogP contribution >= 0.6 is 0 Å². The van der Waals surface area contributed by atoms with Gasteiger partial charge in [0.15, 0.2) is 0 Å². The highest BCUT2D eigenvalue weighted by Crippen LogP contribution is 2.49. The Labute approximate surface area is 266 Å². The number of nitrogens with zero attached hydrogens (tertiary/aromatic N) is 1. The molecule has 0 N–H and O–H groups in total. The van der Waals surface area contributed by atoms with Crippen molar-refractivity contribution in [2.45, 2.75) is 0 Å². The van der Waals surface area contributed by atoms with Gasteiger partial charge in [-0.2, -0.15) is 0 Å². The molecule has 0 radical (unpaired) electrons. The Hall–Kier alpha value is -6.12. The van der Waals surface area contributed by atoms with Crippen LogP contribution in [-0.4, -0.2) is 4.57 Å². The van der Waals surface area contributed by atoms with Gasteiger partial charge in [0.1, 0.15) is 11.5 Å². The fraction of sp³-hybridized carbons (Fsp3) is 0. The van der Waals surface area contributed by atoms with Crippen molar-refractivity contribution in [2.24, 2.45) is 0 Å². The molecule has 0 atom stereocenters. The van der Waals surface area contributed by atoms with Crippen LogP contribution in [0.3, 0.4) is 0 Å². The Morgan fingerprint density at radius 1 is 0.370 bits per heavy atom. The normalized spacial score (nSPS) is 12.1. The van der Waals surface area contributed by atoms with Gasteiger partial charge in [0.05, 0.1) is 11.0 Å². The van der Waals surface area contributed by atoms with Crippen LogP contribution in [0.15, 0.2) is 164 Å². The van der Waals surface area contributed by atoms with Crippen molar-refractivity contribution in [3.05, 3.63) is 164 Å². The van der Waals surface area contributed by atoms with E-state index in [1.807, 2.05) is 12.1 Å². The molecule has 1 aromatic heterocycles. The lowest BCUT2D eigenvalue weighted by Crippen LogP contribution is -1.97. The molecule has 0 unspecified atom stereocenters. The van der Waals surface area contributed by atoms with Gasteiger partial charge in [-0.05, 0) is 86.4 Å². The summed E-state index contributed by atoms with van der Waals surface area (Å²) in [7, 11) is 0. The molecule has 0 spiro atoms. The van der Waals surface area contributed by atoms with E-state index in [9.17, 15) is 0 Å². The van der Waals surface area contributed by atoms with Gasteiger partial charge in [0.25, 0.3) is 0 Å². The van der Waals surface area contributed by atoms with Crippen LogP contribution in [0.5, 0.6) is 11.5 Å². The van der Waals surface area contributed by atoms with Crippen molar-refractivity contribution in [2.75, 3.05) is 0 Å². The molecule has 0 fully saturated rings. The molecule has 0 saturated carbocycles. The second kappa shape index (κ2) is 9.69. The molecule has 10 rings (SSSR count). The first-order valence-corrected chi connectivity index (χ1v) is 15.8. The molecular formula is C44H27NO. The molecule has 0 bridgehead atoms. The Kier molecular flexibility index (Phi) is 5.31. The number of hydrogen-bond acceptors (Lipinski definition) is 1. The summed E-state index contributed by atoms with van der Waals surface area (Å²) in [6.45, 7) is 0. The third-order valence-electron chi connectivity index (χ3n) is 9.58. The molecular weight excluding hydrogens is 558 g/mol. The van der Waals surface area contributed by atoms with Gasteiger partial charge >= 0.3 is 0 Å². The number of hydrogen-bond donors (Lipinski definition) is 0. The maximum Gasteiger partial charge on any atom is 0.135 e. The second-order valence-electron chi connectivity index (χ2n) is 12.1. The number of rotatable bonds is 3. The van der Waals surface area contributed by atoms with Gasteiger partial charge in [0.2, 0.25) is 0 Å². The van der Waals surface area contributed by atoms with E-state index in [2.05, 4.69) is 156 Å². The topological polar surface area (TPSA) is 14.2 Å². The van der Waals surface area contributed by atoms with Gasteiger partial charge in [0, 0.05) is 27.4 Å². The van der Waals surface area contributed by atoms with Crippen molar-refractivity contribution in [3.63, 3.8) is 0 Å². The van der Waals surface area contributed by atoms with E-state index in [1.165, 1.54) is 76.9 Å². The molecule has 2 heteroatoms. The largest absolute Gasteiger partial charge is 0.456 e. The van der Waals surface area contributed by atoms with Crippen LogP contribution in [0, 0.1) is 0 Å². The number of fused-ring (bicyclic) bond motifs is 7. The third-order valence-corrected chi connectivity index (χ3v) is 9.58. The average Bonchev–Trinajstić information content (AvgIpc) is 3.47. The minimum Gasteiger partial charge on any atom is -0.456 e. The molecule has 8 aromatic carbocycles. The predicted octanol–water partition coefficient (Wildman–Crippen LogP) is 12.2. The summed E-state index contributed by atoms with van der Waals surface area (Å²) in [5.74, 6) is 1.82. The molecule has 0 amide bonds. The molecule has 46 heavy (non-hydrogen) atoms. The van der Waals surface area contributed by atoms with Gasteiger partial charge in [-0.3, -0.25) is 0 Å². The van der Waals surface area contributed by atoms with Crippen LogP contribution in [0.2, 0.25) is 0 Å². The number of benzene rings is 8. The summed E-state index contributed by atoms with van der Waals surface area (Å²) in [5.41, 5.74) is 10.8. The summed E-state index contributed by atoms with van der Waals surface area (Å²) in [6.07, 6.45) is 0. The smallest absolute Gasteiger partial charge is 0.135 e. The molecule has 0 saturated heterocycles. The monoisotopic (exact) mass is 585 g/mol. The van der Waals surface area contributed by atoms with Gasteiger partial charge in [-0.15, -0.1) is 0 Å². The number of ether oxygens (including phenoxy) is 1. The van der Waals surface area contributed by atoms with Crippen LogP contribution in [0.4, 0.5) is 0 Å². The van der Waals surface area contributed by atoms with E-state index in [1.54, 1.807) is 0 Å². The van der Waals surface area contributed by atoms with E-state index in [0.717, 1.165) is 17.1 Å². The fourth-order valence-corrected chi connectivity index (χ4v) is 7.62. The second-order valence-corrected chi connectivity index (χ2v) is 12.1. The highest BCUT2D eigenvalue weighted by molar-refractivity contribution is 6.25. The van der Waals surface area contributed by atoms with Crippen molar-refractivity contribution in [3.8, 4) is 50.6 Å². The number of aromatic nitrogens is 1. The maximum atomic E-state index is 6.39. The summed E-state index contributed by atoms with van der Waals surface area (Å²) in [6, 6.07) is 59.0. The Bertz CT molecular complexity index is 2660. The zero-order valence-corrected chi connectivity index (χ0v) is 24.9. The lowest BCUT2D eigenvalue weighted by molar-refractivity contribution is 0.487. The highest BCUT2D eigenvalue weighted by atomic mass is 16.5. The molecule has 0 aliphatic carbocycles. The molecule has 1 aliphatic heterocycles. The Morgan fingerprint density at radius 2 is 1.09 bits per heavy atom. The van der Waals surface area contributed by atoms with Gasteiger partial charge < -0.3 is 9.30 Å². The van der Waals surface area contributed by atoms with E-state index in [-0.39, 0.29) is 0 Å². The zero-order valence-electron chi connectivity index (χ0n) is 24.9. The lowest BCUT2D eigenvalue weighted by atomic mass is 9.89. The standard InChI is InChI=1S/C44H27NO/c1-2-14-31(15-3-1)45-38-21-6-4-17-37(38)44-39(45)25-23-28-11-9-18-33(42(28)44)30-13-8-12-29(27-30)32-24-26-41-43-35(32)19-10-20-36(43)34-16-5-7-22-40(34)46-41/h1-27H. The highest BCUT2D eigenvalue weighted by Gasteiger charge is 2.22. The summed E-state index contributed by atoms with van der Waals surface area (Å²) in [5, 5.41) is 7.45. The first kappa shape index (κ1) is 25.2. The SMILES string of the molecule is c1ccc(-n2c3ccccc3c3c4c(-c5cccc(-c6ccc7c8c(cccc68)-c6ccccc6O7)c5)cccc4ccc32)cc1. The van der Waals surface area contributed by atoms with Crippen molar-refractivity contribution < 1.29 is 4.74 Å². The average molecular weight is 586 g/mol. The van der Waals surface area contributed by atoms with Gasteiger partial charge in [-0.25, -0.2) is 0 Å². The molecule has 2 nitrogen and oxygen atoms in total. The summed E-state index contributed by atoms with van der Waals surface area (Å²) < 4.78 is 8.79. The van der Waals surface area contributed by atoms with Crippen LogP contribution in [0.25, 0.3) is 82.4 Å². The third kappa shape index (κ3) is 3.59. The minimum atomic E-state index is 0.910. The van der Waals surface area contributed by atoms with E-state index in [4.69, 9.17) is 4.74 Å². The number of para-hydroxylation sites is 3. The molecule has 9 aromatic rings. The van der Waals surface area contributed by atoms with Crippen molar-refractivity contribution in [1.29, 1.82) is 0 Å². The fourth-order valence-electron chi connectivity index (χ4n) is 7.62. The summed E-state index contributed by atoms with van der Waals surface area (Å²) >= 11 is 0. The van der Waals surface area contributed by atoms with E-state index < -0.39 is 0 Å². The van der Waals surface area contributed by atoms with Crippen LogP contribution < -0.4 is 4.74 Å². The van der Waals surface area contributed by atoms with Crippen molar-refractivity contribution in [1.82, 2.24) is 4.57 Å². The zero-order chi connectivity index (χ0) is 30.2.